The van der Waals surface area contributed by atoms with E-state index in [1.165, 1.54) is 51.4 Å². The molecule has 3 heteroatoms. The second kappa shape index (κ2) is 13.6. The van der Waals surface area contributed by atoms with Crippen molar-refractivity contribution >= 4 is 0 Å². The second-order valence-corrected chi connectivity index (χ2v) is 6.02. The van der Waals surface area contributed by atoms with Gasteiger partial charge in [-0.15, -0.1) is 0 Å². The van der Waals surface area contributed by atoms with Crippen molar-refractivity contribution in [3.8, 4) is 0 Å². The van der Waals surface area contributed by atoms with Crippen molar-refractivity contribution in [3.63, 3.8) is 0 Å². The molecule has 0 amide bonds. The summed E-state index contributed by atoms with van der Waals surface area (Å²) in [7, 11) is 2.05. The number of quaternary nitrogens is 1. The van der Waals surface area contributed by atoms with Gasteiger partial charge in [0.1, 0.15) is 13.1 Å². The van der Waals surface area contributed by atoms with Gasteiger partial charge >= 0.3 is 0 Å². The Kier molecular flexibility index (Phi) is 13.3. The lowest BCUT2D eigenvalue weighted by atomic mass is 10.1. The highest BCUT2D eigenvalue weighted by atomic mass is 16.3. The van der Waals surface area contributed by atoms with Gasteiger partial charge in [0.25, 0.3) is 0 Å². The Morgan fingerprint density at radius 1 is 0.800 bits per heavy atom. The van der Waals surface area contributed by atoms with E-state index in [1.807, 2.05) is 0 Å². The molecule has 0 fully saturated rings. The number of nitrogens with zero attached hydrogens (tertiary/aromatic N) is 1. The summed E-state index contributed by atoms with van der Waals surface area (Å²) in [6, 6.07) is 0. The molecule has 0 aliphatic carbocycles. The van der Waals surface area contributed by atoms with Crippen molar-refractivity contribution < 1.29 is 14.7 Å². The Balaban J connectivity index is 3.58. The molecular formula is C17H36NO2+. The molecule has 0 aromatic carbocycles. The van der Waals surface area contributed by atoms with Crippen LogP contribution in [0.4, 0.5) is 0 Å². The molecule has 3 nitrogen and oxygen atoms in total. The van der Waals surface area contributed by atoms with E-state index in [0.717, 1.165) is 6.42 Å². The first-order valence-corrected chi connectivity index (χ1v) is 8.42. The highest BCUT2D eigenvalue weighted by molar-refractivity contribution is 4.74. The standard InChI is InChI=1S/C17H36NO2/c1-3-4-5-6-7-8-9-10-11-12-13-18(2,14-16-19)15-17-20/h12-13,19-20H,3-11,14-17H2,1-2H3/q+1. The highest BCUT2D eigenvalue weighted by Gasteiger charge is 2.16. The molecule has 20 heavy (non-hydrogen) atoms. The van der Waals surface area contributed by atoms with Crippen molar-refractivity contribution in [3.05, 3.63) is 12.3 Å². The van der Waals surface area contributed by atoms with Crippen LogP contribution in [0.25, 0.3) is 0 Å². The fourth-order valence-corrected chi connectivity index (χ4v) is 2.44. The highest BCUT2D eigenvalue weighted by Crippen LogP contribution is 2.10. The largest absolute Gasteiger partial charge is 0.390 e. The topological polar surface area (TPSA) is 40.5 Å². The molecule has 0 atom stereocenters. The summed E-state index contributed by atoms with van der Waals surface area (Å²) in [6.07, 6.45) is 16.3. The van der Waals surface area contributed by atoms with Gasteiger partial charge in [0.2, 0.25) is 0 Å². The Hall–Kier alpha value is -0.380. The summed E-state index contributed by atoms with van der Waals surface area (Å²) in [5.74, 6) is 0. The SMILES string of the molecule is CCCCCCCCCCC=C[N+](C)(CCO)CCO. The Morgan fingerprint density at radius 2 is 1.30 bits per heavy atom. The smallest absolute Gasteiger partial charge is 0.106 e. The molecule has 0 aliphatic rings. The van der Waals surface area contributed by atoms with E-state index in [2.05, 4.69) is 26.2 Å². The van der Waals surface area contributed by atoms with E-state index >= 15 is 0 Å². The van der Waals surface area contributed by atoms with Gasteiger partial charge in [-0.25, -0.2) is 0 Å². The van der Waals surface area contributed by atoms with Crippen molar-refractivity contribution in [2.75, 3.05) is 33.4 Å². The molecule has 0 aromatic heterocycles. The molecule has 0 unspecified atom stereocenters. The molecule has 0 aliphatic heterocycles. The number of likely N-dealkylation sites (N-methyl/N-ethyl adjacent to an activating group) is 1. The van der Waals surface area contributed by atoms with Gasteiger partial charge in [-0.3, -0.25) is 4.48 Å². The van der Waals surface area contributed by atoms with Crippen LogP contribution < -0.4 is 0 Å². The molecule has 0 aromatic rings. The van der Waals surface area contributed by atoms with Crippen molar-refractivity contribution in [1.29, 1.82) is 0 Å². The monoisotopic (exact) mass is 286 g/mol. The zero-order valence-electron chi connectivity index (χ0n) is 13.7. The lowest BCUT2D eigenvalue weighted by Gasteiger charge is -2.28. The maximum Gasteiger partial charge on any atom is 0.106 e. The van der Waals surface area contributed by atoms with E-state index in [0.29, 0.717) is 17.6 Å². The molecule has 0 spiro atoms. The van der Waals surface area contributed by atoms with E-state index in [-0.39, 0.29) is 13.2 Å². The van der Waals surface area contributed by atoms with Crippen LogP contribution in [0.5, 0.6) is 0 Å². The fourth-order valence-electron chi connectivity index (χ4n) is 2.44. The van der Waals surface area contributed by atoms with Gasteiger partial charge in [0.15, 0.2) is 0 Å². The molecule has 0 saturated carbocycles. The van der Waals surface area contributed by atoms with Gasteiger partial charge in [-0.05, 0) is 18.9 Å². The van der Waals surface area contributed by atoms with E-state index in [4.69, 9.17) is 10.2 Å². The van der Waals surface area contributed by atoms with E-state index in [1.54, 1.807) is 0 Å². The van der Waals surface area contributed by atoms with Crippen LogP contribution in [-0.2, 0) is 0 Å². The van der Waals surface area contributed by atoms with Crippen LogP contribution in [0.2, 0.25) is 0 Å². The summed E-state index contributed by atoms with van der Waals surface area (Å²) in [5, 5.41) is 18.1. The molecule has 0 bridgehead atoms. The number of hydrogen-bond donors (Lipinski definition) is 2. The number of aliphatic hydroxyl groups is 2. The third-order valence-corrected chi connectivity index (χ3v) is 3.91. The summed E-state index contributed by atoms with van der Waals surface area (Å²) in [6.45, 7) is 3.94. The first kappa shape index (κ1) is 19.6. The van der Waals surface area contributed by atoms with Crippen LogP contribution in [0.15, 0.2) is 12.3 Å². The quantitative estimate of drug-likeness (QED) is 0.379. The van der Waals surface area contributed by atoms with Crippen LogP contribution in [-0.4, -0.2) is 48.0 Å². The van der Waals surface area contributed by atoms with Crippen LogP contribution in [0.1, 0.15) is 64.7 Å². The molecular weight excluding hydrogens is 250 g/mol. The first-order valence-electron chi connectivity index (χ1n) is 8.42. The van der Waals surface area contributed by atoms with Crippen molar-refractivity contribution in [1.82, 2.24) is 0 Å². The predicted octanol–water partition coefficient (Wildman–Crippen LogP) is 3.46. The van der Waals surface area contributed by atoms with Gasteiger partial charge < -0.3 is 10.2 Å². The van der Waals surface area contributed by atoms with Crippen molar-refractivity contribution in [2.45, 2.75) is 64.7 Å². The second-order valence-electron chi connectivity index (χ2n) is 6.02. The number of hydrogen-bond acceptors (Lipinski definition) is 2. The average Bonchev–Trinajstić information content (AvgIpc) is 2.41. The van der Waals surface area contributed by atoms with Crippen LogP contribution >= 0.6 is 0 Å². The minimum atomic E-state index is 0.165. The lowest BCUT2D eigenvalue weighted by molar-refractivity contribution is -0.860. The number of aliphatic hydroxyl groups excluding tert-OH is 2. The van der Waals surface area contributed by atoms with E-state index < -0.39 is 0 Å². The summed E-state index contributed by atoms with van der Waals surface area (Å²) >= 11 is 0. The zero-order valence-corrected chi connectivity index (χ0v) is 13.7. The minimum Gasteiger partial charge on any atom is -0.390 e. The van der Waals surface area contributed by atoms with Gasteiger partial charge in [-0.1, -0.05) is 51.9 Å². The van der Waals surface area contributed by atoms with Gasteiger partial charge in [0, 0.05) is 0 Å². The molecule has 120 valence electrons. The van der Waals surface area contributed by atoms with Gasteiger partial charge in [0.05, 0.1) is 26.5 Å². The first-order chi connectivity index (χ1) is 9.68. The Labute approximate surface area is 125 Å². The van der Waals surface area contributed by atoms with Gasteiger partial charge in [-0.2, -0.15) is 0 Å². The number of unbranched alkanes of at least 4 members (excludes halogenated alkanes) is 8. The molecule has 2 N–H and O–H groups in total. The third kappa shape index (κ3) is 11.4. The zero-order chi connectivity index (χ0) is 15.1. The normalized spacial score (nSPS) is 12.4. The molecule has 0 radical (unpaired) electrons. The Morgan fingerprint density at radius 3 is 1.80 bits per heavy atom. The Bertz CT molecular complexity index is 223. The summed E-state index contributed by atoms with van der Waals surface area (Å²) in [4.78, 5) is 0. The van der Waals surface area contributed by atoms with Crippen LogP contribution in [0.3, 0.4) is 0 Å². The molecule has 0 rings (SSSR count). The minimum absolute atomic E-state index is 0.165. The molecule has 0 heterocycles. The predicted molar refractivity (Wildman–Crippen MR) is 86.5 cm³/mol. The lowest BCUT2D eigenvalue weighted by Crippen LogP contribution is -2.42. The number of rotatable bonds is 14. The maximum absolute atomic E-state index is 9.06. The number of allylic oxidation sites excluding steroid dienone is 1. The summed E-state index contributed by atoms with van der Waals surface area (Å²) < 4.78 is 0.629. The summed E-state index contributed by atoms with van der Waals surface area (Å²) in [5.41, 5.74) is 0. The molecule has 0 saturated heterocycles. The fraction of sp³-hybridized carbons (Fsp3) is 0.882. The van der Waals surface area contributed by atoms with E-state index in [9.17, 15) is 0 Å². The average molecular weight is 286 g/mol. The van der Waals surface area contributed by atoms with Crippen molar-refractivity contribution in [2.24, 2.45) is 0 Å². The maximum atomic E-state index is 9.06. The van der Waals surface area contributed by atoms with Crippen LogP contribution in [0, 0.1) is 0 Å². The third-order valence-electron chi connectivity index (χ3n) is 3.91.